The van der Waals surface area contributed by atoms with Crippen LogP contribution in [0.1, 0.15) is 25.7 Å². The standard InChI is InChI=1S/C8H16N2O/c11-7-2-1-4-8-9-5-3-6-10-8/h11H,1-7H2,(H,9,10). The lowest BCUT2D eigenvalue weighted by atomic mass is 10.2. The molecule has 0 bridgehead atoms. The normalized spacial score (nSPS) is 17.4. The maximum atomic E-state index is 8.54. The Bertz CT molecular complexity index is 134. The van der Waals surface area contributed by atoms with Crippen LogP contribution in [0.4, 0.5) is 0 Å². The number of nitrogens with zero attached hydrogens (tertiary/aromatic N) is 1. The first-order valence-electron chi connectivity index (χ1n) is 4.31. The van der Waals surface area contributed by atoms with E-state index in [1.165, 1.54) is 0 Å². The Morgan fingerprint density at radius 3 is 3.00 bits per heavy atom. The molecular formula is C8H16N2O. The van der Waals surface area contributed by atoms with Crippen molar-refractivity contribution in [3.8, 4) is 0 Å². The van der Waals surface area contributed by atoms with E-state index in [1.54, 1.807) is 0 Å². The van der Waals surface area contributed by atoms with Crippen molar-refractivity contribution in [2.24, 2.45) is 4.99 Å². The summed E-state index contributed by atoms with van der Waals surface area (Å²) in [6, 6.07) is 0. The maximum absolute atomic E-state index is 8.54. The molecule has 0 unspecified atom stereocenters. The van der Waals surface area contributed by atoms with Crippen LogP contribution in [0.2, 0.25) is 0 Å². The summed E-state index contributed by atoms with van der Waals surface area (Å²) in [7, 11) is 0. The molecule has 3 nitrogen and oxygen atoms in total. The van der Waals surface area contributed by atoms with Crippen molar-refractivity contribution in [1.29, 1.82) is 0 Å². The van der Waals surface area contributed by atoms with Crippen LogP contribution in [0.5, 0.6) is 0 Å². The molecule has 1 aliphatic heterocycles. The van der Waals surface area contributed by atoms with E-state index >= 15 is 0 Å². The summed E-state index contributed by atoms with van der Waals surface area (Å²) in [4.78, 5) is 4.33. The van der Waals surface area contributed by atoms with E-state index in [0.717, 1.165) is 44.6 Å². The van der Waals surface area contributed by atoms with E-state index in [4.69, 9.17) is 5.11 Å². The Balaban J connectivity index is 2.09. The molecule has 0 aliphatic carbocycles. The molecule has 0 saturated heterocycles. The highest BCUT2D eigenvalue weighted by molar-refractivity contribution is 5.82. The van der Waals surface area contributed by atoms with Crippen LogP contribution in [0.15, 0.2) is 4.99 Å². The Labute approximate surface area is 67.5 Å². The van der Waals surface area contributed by atoms with Crippen molar-refractivity contribution in [2.45, 2.75) is 25.7 Å². The summed E-state index contributed by atoms with van der Waals surface area (Å²) in [6.45, 7) is 2.34. The lowest BCUT2D eigenvalue weighted by Crippen LogP contribution is -2.29. The Kier molecular flexibility index (Phi) is 3.98. The topological polar surface area (TPSA) is 44.6 Å². The summed E-state index contributed by atoms with van der Waals surface area (Å²) in [6.07, 6.45) is 4.09. The second-order valence-corrected chi connectivity index (χ2v) is 2.79. The molecule has 0 aromatic rings. The zero-order valence-electron chi connectivity index (χ0n) is 6.84. The van der Waals surface area contributed by atoms with Gasteiger partial charge in [-0.05, 0) is 19.3 Å². The minimum atomic E-state index is 0.299. The molecule has 64 valence electrons. The average Bonchev–Trinajstić information content (AvgIpc) is 2.07. The van der Waals surface area contributed by atoms with Gasteiger partial charge in [0.25, 0.3) is 0 Å². The number of hydrogen-bond acceptors (Lipinski definition) is 3. The largest absolute Gasteiger partial charge is 0.396 e. The minimum absolute atomic E-state index is 0.299. The lowest BCUT2D eigenvalue weighted by molar-refractivity contribution is 0.285. The second-order valence-electron chi connectivity index (χ2n) is 2.79. The number of aliphatic hydroxyl groups is 1. The van der Waals surface area contributed by atoms with E-state index in [-0.39, 0.29) is 0 Å². The minimum Gasteiger partial charge on any atom is -0.396 e. The fourth-order valence-electron chi connectivity index (χ4n) is 1.15. The molecule has 0 spiro atoms. The number of rotatable bonds is 4. The van der Waals surface area contributed by atoms with E-state index < -0.39 is 0 Å². The number of aliphatic imine (C=N–C) groups is 1. The van der Waals surface area contributed by atoms with Gasteiger partial charge in [0.1, 0.15) is 0 Å². The molecule has 0 saturated carbocycles. The quantitative estimate of drug-likeness (QED) is 0.583. The zero-order chi connectivity index (χ0) is 7.94. The maximum Gasteiger partial charge on any atom is 0.0963 e. The van der Waals surface area contributed by atoms with Crippen molar-refractivity contribution in [3.63, 3.8) is 0 Å². The highest BCUT2D eigenvalue weighted by Crippen LogP contribution is 1.99. The summed E-state index contributed by atoms with van der Waals surface area (Å²) in [5.74, 6) is 1.13. The molecule has 0 aromatic carbocycles. The van der Waals surface area contributed by atoms with Crippen LogP contribution in [0.3, 0.4) is 0 Å². The van der Waals surface area contributed by atoms with Gasteiger partial charge in [-0.15, -0.1) is 0 Å². The fraction of sp³-hybridized carbons (Fsp3) is 0.875. The fourth-order valence-corrected chi connectivity index (χ4v) is 1.15. The Morgan fingerprint density at radius 2 is 2.36 bits per heavy atom. The van der Waals surface area contributed by atoms with Crippen LogP contribution >= 0.6 is 0 Å². The van der Waals surface area contributed by atoms with E-state index in [2.05, 4.69) is 10.3 Å². The van der Waals surface area contributed by atoms with E-state index in [9.17, 15) is 0 Å². The van der Waals surface area contributed by atoms with Gasteiger partial charge in [-0.3, -0.25) is 4.99 Å². The molecule has 3 heteroatoms. The molecule has 0 aromatic heterocycles. The molecule has 1 heterocycles. The first-order valence-corrected chi connectivity index (χ1v) is 4.31. The third kappa shape index (κ3) is 3.37. The predicted octanol–water partition coefficient (Wildman–Crippen LogP) is 0.541. The van der Waals surface area contributed by atoms with Gasteiger partial charge in [0.2, 0.25) is 0 Å². The Morgan fingerprint density at radius 1 is 1.45 bits per heavy atom. The number of aliphatic hydroxyl groups excluding tert-OH is 1. The highest BCUT2D eigenvalue weighted by Gasteiger charge is 2.01. The molecular weight excluding hydrogens is 140 g/mol. The number of nitrogens with one attached hydrogen (secondary N) is 1. The SMILES string of the molecule is OCCCCC1=NCCCN1. The molecule has 0 atom stereocenters. The van der Waals surface area contributed by atoms with Crippen molar-refractivity contribution in [2.75, 3.05) is 19.7 Å². The summed E-state index contributed by atoms with van der Waals surface area (Å²) >= 11 is 0. The van der Waals surface area contributed by atoms with Gasteiger partial charge >= 0.3 is 0 Å². The molecule has 0 amide bonds. The summed E-state index contributed by atoms with van der Waals surface area (Å²) in [5, 5.41) is 11.8. The van der Waals surface area contributed by atoms with Gasteiger partial charge in [-0.25, -0.2) is 0 Å². The third-order valence-electron chi connectivity index (χ3n) is 1.79. The Hall–Kier alpha value is -0.570. The van der Waals surface area contributed by atoms with Crippen molar-refractivity contribution in [1.82, 2.24) is 5.32 Å². The molecule has 1 aliphatic rings. The van der Waals surface area contributed by atoms with Gasteiger partial charge in [-0.1, -0.05) is 0 Å². The molecule has 2 N–H and O–H groups in total. The lowest BCUT2D eigenvalue weighted by Gasteiger charge is -2.13. The van der Waals surface area contributed by atoms with Crippen LogP contribution in [-0.2, 0) is 0 Å². The molecule has 1 rings (SSSR count). The smallest absolute Gasteiger partial charge is 0.0963 e. The van der Waals surface area contributed by atoms with Crippen molar-refractivity contribution in [3.05, 3.63) is 0 Å². The first kappa shape index (κ1) is 8.53. The van der Waals surface area contributed by atoms with Crippen molar-refractivity contribution < 1.29 is 5.11 Å². The summed E-state index contributed by atoms with van der Waals surface area (Å²) in [5.41, 5.74) is 0. The van der Waals surface area contributed by atoms with Crippen LogP contribution in [0.25, 0.3) is 0 Å². The zero-order valence-corrected chi connectivity index (χ0v) is 6.84. The van der Waals surface area contributed by atoms with Crippen LogP contribution in [-0.4, -0.2) is 30.6 Å². The summed E-state index contributed by atoms with van der Waals surface area (Å²) < 4.78 is 0. The molecule has 0 radical (unpaired) electrons. The van der Waals surface area contributed by atoms with Gasteiger partial charge in [0.15, 0.2) is 0 Å². The van der Waals surface area contributed by atoms with Gasteiger partial charge in [0, 0.05) is 26.1 Å². The molecule has 0 fully saturated rings. The van der Waals surface area contributed by atoms with Crippen LogP contribution in [0, 0.1) is 0 Å². The molecule has 11 heavy (non-hydrogen) atoms. The number of amidine groups is 1. The average molecular weight is 156 g/mol. The number of hydrogen-bond donors (Lipinski definition) is 2. The van der Waals surface area contributed by atoms with Gasteiger partial charge < -0.3 is 10.4 Å². The van der Waals surface area contributed by atoms with Crippen LogP contribution < -0.4 is 5.32 Å². The monoisotopic (exact) mass is 156 g/mol. The highest BCUT2D eigenvalue weighted by atomic mass is 16.2. The van der Waals surface area contributed by atoms with E-state index in [1.807, 2.05) is 0 Å². The third-order valence-corrected chi connectivity index (χ3v) is 1.79. The van der Waals surface area contributed by atoms with E-state index in [0.29, 0.717) is 6.61 Å². The predicted molar refractivity (Wildman–Crippen MR) is 45.9 cm³/mol. The number of unbranched alkanes of at least 4 members (excludes halogenated alkanes) is 1. The van der Waals surface area contributed by atoms with Gasteiger partial charge in [0.05, 0.1) is 5.84 Å². The second kappa shape index (κ2) is 5.13. The van der Waals surface area contributed by atoms with Gasteiger partial charge in [-0.2, -0.15) is 0 Å². The van der Waals surface area contributed by atoms with Crippen molar-refractivity contribution >= 4 is 5.84 Å². The first-order chi connectivity index (χ1) is 5.43.